The van der Waals surface area contributed by atoms with Gasteiger partial charge in [-0.1, -0.05) is 19.1 Å². The number of rotatable bonds is 3. The highest BCUT2D eigenvalue weighted by atomic mass is 16.5. The van der Waals surface area contributed by atoms with Crippen LogP contribution in [0.25, 0.3) is 0 Å². The topological polar surface area (TPSA) is 55.8 Å². The molecule has 1 fully saturated rings. The second-order valence-electron chi connectivity index (χ2n) is 5.48. The molecule has 102 valence electrons. The number of benzene rings is 1. The van der Waals surface area contributed by atoms with E-state index in [2.05, 4.69) is 6.07 Å². The van der Waals surface area contributed by atoms with Crippen molar-refractivity contribution < 1.29 is 19.4 Å². The van der Waals surface area contributed by atoms with Gasteiger partial charge in [-0.15, -0.1) is 0 Å². The van der Waals surface area contributed by atoms with Crippen molar-refractivity contribution in [1.82, 2.24) is 0 Å². The monoisotopic (exact) mass is 262 g/mol. The van der Waals surface area contributed by atoms with Crippen molar-refractivity contribution >= 4 is 5.97 Å². The Hall–Kier alpha value is -1.55. The lowest BCUT2D eigenvalue weighted by atomic mass is 9.69. The first-order valence-electron chi connectivity index (χ1n) is 6.70. The quantitative estimate of drug-likeness (QED) is 0.905. The number of fused-ring (bicyclic) bond motifs is 1. The predicted molar refractivity (Wildman–Crippen MR) is 69.6 cm³/mol. The molecule has 1 aromatic rings. The molecule has 1 atom stereocenters. The van der Waals surface area contributed by atoms with Gasteiger partial charge in [-0.2, -0.15) is 0 Å². The molecule has 4 heteroatoms. The number of aryl methyl sites for hydroxylation is 1. The zero-order chi connectivity index (χ0) is 13.5. The summed E-state index contributed by atoms with van der Waals surface area (Å²) in [4.78, 5) is 11.3. The maximum absolute atomic E-state index is 11.3. The SMILES string of the molecule is CC(C(=O)O)C1(c2ccc3c(c2)CCCO3)COC1. The molecule has 2 aliphatic heterocycles. The fourth-order valence-corrected chi connectivity index (χ4v) is 2.90. The molecule has 0 aromatic heterocycles. The van der Waals surface area contributed by atoms with E-state index in [0.29, 0.717) is 13.2 Å². The maximum atomic E-state index is 11.3. The molecule has 1 unspecified atom stereocenters. The van der Waals surface area contributed by atoms with Crippen LogP contribution < -0.4 is 4.74 Å². The maximum Gasteiger partial charge on any atom is 0.307 e. The van der Waals surface area contributed by atoms with Crippen LogP contribution in [0.1, 0.15) is 24.5 Å². The fourth-order valence-electron chi connectivity index (χ4n) is 2.90. The number of ether oxygens (including phenoxy) is 2. The summed E-state index contributed by atoms with van der Waals surface area (Å²) in [5, 5.41) is 9.30. The van der Waals surface area contributed by atoms with Crippen molar-refractivity contribution in [3.8, 4) is 5.75 Å². The van der Waals surface area contributed by atoms with E-state index < -0.39 is 11.9 Å². The van der Waals surface area contributed by atoms with Crippen LogP contribution in [-0.2, 0) is 21.4 Å². The lowest BCUT2D eigenvalue weighted by Crippen LogP contribution is -2.53. The van der Waals surface area contributed by atoms with Crippen LogP contribution in [-0.4, -0.2) is 30.9 Å². The van der Waals surface area contributed by atoms with E-state index in [1.165, 1.54) is 5.56 Å². The van der Waals surface area contributed by atoms with Crippen molar-refractivity contribution in [3.63, 3.8) is 0 Å². The standard InChI is InChI=1S/C15H18O4/c1-10(14(16)17)15(8-18-9-15)12-4-5-13-11(7-12)3-2-6-19-13/h4-5,7,10H,2-3,6,8-9H2,1H3,(H,16,17). The second kappa shape index (κ2) is 4.53. The van der Waals surface area contributed by atoms with Gasteiger partial charge in [-0.3, -0.25) is 4.79 Å². The summed E-state index contributed by atoms with van der Waals surface area (Å²) in [6, 6.07) is 6.07. The largest absolute Gasteiger partial charge is 0.493 e. The minimum absolute atomic E-state index is 0.377. The van der Waals surface area contributed by atoms with Crippen molar-refractivity contribution in [2.24, 2.45) is 5.92 Å². The van der Waals surface area contributed by atoms with Gasteiger partial charge < -0.3 is 14.6 Å². The Bertz CT molecular complexity index is 505. The highest BCUT2D eigenvalue weighted by Crippen LogP contribution is 2.41. The zero-order valence-electron chi connectivity index (χ0n) is 11.0. The lowest BCUT2D eigenvalue weighted by molar-refractivity contribution is -0.155. The van der Waals surface area contributed by atoms with E-state index >= 15 is 0 Å². The summed E-state index contributed by atoms with van der Waals surface area (Å²) in [6.45, 7) is 3.51. The van der Waals surface area contributed by atoms with Crippen LogP contribution >= 0.6 is 0 Å². The molecule has 0 saturated carbocycles. The van der Waals surface area contributed by atoms with Gasteiger partial charge in [0.25, 0.3) is 0 Å². The van der Waals surface area contributed by atoms with Gasteiger partial charge in [0.2, 0.25) is 0 Å². The third-order valence-electron chi connectivity index (χ3n) is 4.40. The summed E-state index contributed by atoms with van der Waals surface area (Å²) < 4.78 is 10.9. The molecular weight excluding hydrogens is 244 g/mol. The van der Waals surface area contributed by atoms with E-state index in [4.69, 9.17) is 9.47 Å². The Labute approximate surface area is 112 Å². The van der Waals surface area contributed by atoms with Crippen LogP contribution in [0.5, 0.6) is 5.75 Å². The minimum atomic E-state index is -0.766. The average molecular weight is 262 g/mol. The normalized spacial score (nSPS) is 21.7. The van der Waals surface area contributed by atoms with Gasteiger partial charge in [0, 0.05) is 0 Å². The number of carboxylic acid groups (broad SMARTS) is 1. The first kappa shape index (κ1) is 12.5. The van der Waals surface area contributed by atoms with Gasteiger partial charge in [-0.25, -0.2) is 0 Å². The van der Waals surface area contributed by atoms with E-state index in [0.717, 1.165) is 30.8 Å². The fraction of sp³-hybridized carbons (Fsp3) is 0.533. The Balaban J connectivity index is 1.98. The molecule has 0 aliphatic carbocycles. The summed E-state index contributed by atoms with van der Waals surface area (Å²) in [5.41, 5.74) is 1.88. The highest BCUT2D eigenvalue weighted by Gasteiger charge is 2.48. The molecule has 0 bridgehead atoms. The predicted octanol–water partition coefficient (Wildman–Crippen LogP) is 2.00. The highest BCUT2D eigenvalue weighted by molar-refractivity contribution is 5.72. The molecular formula is C15H18O4. The first-order chi connectivity index (χ1) is 9.13. The molecule has 2 aliphatic rings. The number of hydrogen-bond donors (Lipinski definition) is 1. The third-order valence-corrected chi connectivity index (χ3v) is 4.40. The molecule has 1 aromatic carbocycles. The van der Waals surface area contributed by atoms with Gasteiger partial charge in [0.15, 0.2) is 0 Å². The zero-order valence-corrected chi connectivity index (χ0v) is 11.0. The van der Waals surface area contributed by atoms with Crippen molar-refractivity contribution in [2.45, 2.75) is 25.2 Å². The number of aliphatic carboxylic acids is 1. The molecule has 0 radical (unpaired) electrons. The molecule has 19 heavy (non-hydrogen) atoms. The van der Waals surface area contributed by atoms with E-state index in [9.17, 15) is 9.90 Å². The Morgan fingerprint density at radius 2 is 2.21 bits per heavy atom. The van der Waals surface area contributed by atoms with Gasteiger partial charge in [-0.05, 0) is 30.0 Å². The smallest absolute Gasteiger partial charge is 0.307 e. The molecule has 0 spiro atoms. The number of hydrogen-bond acceptors (Lipinski definition) is 3. The molecule has 0 amide bonds. The lowest BCUT2D eigenvalue weighted by Gasteiger charge is -2.45. The van der Waals surface area contributed by atoms with Gasteiger partial charge in [0.1, 0.15) is 5.75 Å². The minimum Gasteiger partial charge on any atom is -0.493 e. The summed E-state index contributed by atoms with van der Waals surface area (Å²) in [7, 11) is 0. The molecule has 4 nitrogen and oxygen atoms in total. The second-order valence-corrected chi connectivity index (χ2v) is 5.48. The van der Waals surface area contributed by atoms with Crippen LogP contribution in [0.3, 0.4) is 0 Å². The first-order valence-corrected chi connectivity index (χ1v) is 6.70. The Morgan fingerprint density at radius 3 is 2.84 bits per heavy atom. The summed E-state index contributed by atoms with van der Waals surface area (Å²) >= 11 is 0. The van der Waals surface area contributed by atoms with E-state index in [-0.39, 0.29) is 5.41 Å². The van der Waals surface area contributed by atoms with Crippen molar-refractivity contribution in [1.29, 1.82) is 0 Å². The number of carboxylic acids is 1. The number of carbonyl (C=O) groups is 1. The van der Waals surface area contributed by atoms with E-state index in [1.807, 2.05) is 12.1 Å². The summed E-state index contributed by atoms with van der Waals surface area (Å²) in [6.07, 6.45) is 2.02. The van der Waals surface area contributed by atoms with Crippen molar-refractivity contribution in [2.75, 3.05) is 19.8 Å². The summed E-state index contributed by atoms with van der Waals surface area (Å²) in [5.74, 6) is -0.269. The van der Waals surface area contributed by atoms with Gasteiger partial charge >= 0.3 is 5.97 Å². The van der Waals surface area contributed by atoms with Crippen LogP contribution in [0.2, 0.25) is 0 Å². The van der Waals surface area contributed by atoms with Crippen LogP contribution in [0.4, 0.5) is 0 Å². The van der Waals surface area contributed by atoms with Crippen LogP contribution in [0.15, 0.2) is 18.2 Å². The van der Waals surface area contributed by atoms with Gasteiger partial charge in [0.05, 0.1) is 31.2 Å². The average Bonchev–Trinajstić information content (AvgIpc) is 2.37. The molecule has 3 rings (SSSR count). The van der Waals surface area contributed by atoms with Crippen molar-refractivity contribution in [3.05, 3.63) is 29.3 Å². The third kappa shape index (κ3) is 1.91. The van der Waals surface area contributed by atoms with Crippen LogP contribution in [0, 0.1) is 5.92 Å². The molecule has 1 N–H and O–H groups in total. The van der Waals surface area contributed by atoms with E-state index in [1.54, 1.807) is 6.92 Å². The Kier molecular flexibility index (Phi) is 2.97. The molecule has 1 saturated heterocycles. The Morgan fingerprint density at radius 1 is 1.42 bits per heavy atom. The molecule has 2 heterocycles.